The van der Waals surface area contributed by atoms with E-state index in [2.05, 4.69) is 14.9 Å². The fourth-order valence-corrected chi connectivity index (χ4v) is 1.73. The van der Waals surface area contributed by atoms with Crippen molar-refractivity contribution in [3.8, 4) is 5.75 Å². The highest BCUT2D eigenvalue weighted by Gasteiger charge is 2.28. The van der Waals surface area contributed by atoms with Crippen molar-refractivity contribution in [1.82, 2.24) is 10.2 Å². The number of alkyl halides is 3. The SMILES string of the molecule is Cc1nnc(CC(O)c2cc(OCC(F)(F)F)ccc2F)o1. The molecule has 0 spiro atoms. The molecule has 120 valence electrons. The minimum Gasteiger partial charge on any atom is -0.484 e. The van der Waals surface area contributed by atoms with E-state index >= 15 is 0 Å². The summed E-state index contributed by atoms with van der Waals surface area (Å²) in [6, 6.07) is 2.98. The van der Waals surface area contributed by atoms with Gasteiger partial charge >= 0.3 is 6.18 Å². The molecule has 0 saturated heterocycles. The molecule has 9 heteroatoms. The van der Waals surface area contributed by atoms with Crippen LogP contribution in [0, 0.1) is 12.7 Å². The maximum Gasteiger partial charge on any atom is 0.422 e. The Hall–Kier alpha value is -2.16. The highest BCUT2D eigenvalue weighted by atomic mass is 19.4. The lowest BCUT2D eigenvalue weighted by atomic mass is 10.1. The van der Waals surface area contributed by atoms with E-state index in [1.165, 1.54) is 0 Å². The molecule has 1 N–H and O–H groups in total. The summed E-state index contributed by atoms with van der Waals surface area (Å²) in [7, 11) is 0. The third-order valence-electron chi connectivity index (χ3n) is 2.66. The number of aliphatic hydroxyl groups excluding tert-OH is 1. The molecule has 0 aliphatic heterocycles. The van der Waals surface area contributed by atoms with E-state index in [1.807, 2.05) is 0 Å². The first kappa shape index (κ1) is 16.2. The normalized spacial score (nSPS) is 13.2. The zero-order chi connectivity index (χ0) is 16.3. The highest BCUT2D eigenvalue weighted by Crippen LogP contribution is 2.26. The molecule has 0 fully saturated rings. The molecule has 2 aromatic rings. The minimum absolute atomic E-state index is 0.0889. The van der Waals surface area contributed by atoms with Gasteiger partial charge in [0.1, 0.15) is 11.6 Å². The van der Waals surface area contributed by atoms with Crippen LogP contribution in [0.3, 0.4) is 0 Å². The van der Waals surface area contributed by atoms with Crippen molar-refractivity contribution in [1.29, 1.82) is 0 Å². The number of nitrogens with zero attached hydrogens (tertiary/aromatic N) is 2. The molecule has 0 saturated carbocycles. The summed E-state index contributed by atoms with van der Waals surface area (Å²) in [4.78, 5) is 0. The molecule has 2 rings (SSSR count). The Morgan fingerprint density at radius 2 is 2.05 bits per heavy atom. The molecule has 0 amide bonds. The van der Waals surface area contributed by atoms with E-state index in [0.717, 1.165) is 18.2 Å². The summed E-state index contributed by atoms with van der Waals surface area (Å²) in [5, 5.41) is 17.2. The van der Waals surface area contributed by atoms with Crippen molar-refractivity contribution in [2.45, 2.75) is 25.6 Å². The maximum absolute atomic E-state index is 13.7. The molecule has 22 heavy (non-hydrogen) atoms. The number of rotatable bonds is 5. The van der Waals surface area contributed by atoms with Crippen molar-refractivity contribution in [3.63, 3.8) is 0 Å². The van der Waals surface area contributed by atoms with Gasteiger partial charge < -0.3 is 14.3 Å². The molecule has 5 nitrogen and oxygen atoms in total. The smallest absolute Gasteiger partial charge is 0.422 e. The lowest BCUT2D eigenvalue weighted by Crippen LogP contribution is -2.19. The molecule has 1 heterocycles. The number of aliphatic hydroxyl groups is 1. The number of benzene rings is 1. The van der Waals surface area contributed by atoms with Crippen LogP contribution in [0.15, 0.2) is 22.6 Å². The number of halogens is 4. The fraction of sp³-hybridized carbons (Fsp3) is 0.385. The van der Waals surface area contributed by atoms with E-state index in [4.69, 9.17) is 4.42 Å². The van der Waals surface area contributed by atoms with Crippen LogP contribution in [0.1, 0.15) is 23.4 Å². The monoisotopic (exact) mass is 320 g/mol. The number of hydrogen-bond acceptors (Lipinski definition) is 5. The zero-order valence-electron chi connectivity index (χ0n) is 11.4. The van der Waals surface area contributed by atoms with Crippen molar-refractivity contribution >= 4 is 0 Å². The lowest BCUT2D eigenvalue weighted by Gasteiger charge is -2.13. The first-order valence-electron chi connectivity index (χ1n) is 6.20. The van der Waals surface area contributed by atoms with E-state index in [1.54, 1.807) is 6.92 Å². The predicted octanol–water partition coefficient (Wildman–Crippen LogP) is 2.73. The van der Waals surface area contributed by atoms with E-state index in [-0.39, 0.29) is 29.5 Å². The number of aryl methyl sites for hydroxylation is 1. The second-order valence-electron chi connectivity index (χ2n) is 4.52. The second-order valence-corrected chi connectivity index (χ2v) is 4.52. The van der Waals surface area contributed by atoms with Crippen LogP contribution < -0.4 is 4.74 Å². The molecule has 1 atom stereocenters. The molecule has 0 bridgehead atoms. The fourth-order valence-electron chi connectivity index (χ4n) is 1.73. The number of hydrogen-bond donors (Lipinski definition) is 1. The molecule has 0 aliphatic rings. The van der Waals surface area contributed by atoms with Crippen LogP contribution in [0.4, 0.5) is 17.6 Å². The van der Waals surface area contributed by atoms with Gasteiger partial charge in [0.25, 0.3) is 0 Å². The Morgan fingerprint density at radius 1 is 1.32 bits per heavy atom. The second kappa shape index (κ2) is 6.30. The van der Waals surface area contributed by atoms with E-state index in [0.29, 0.717) is 0 Å². The van der Waals surface area contributed by atoms with Gasteiger partial charge in [-0.05, 0) is 18.2 Å². The van der Waals surface area contributed by atoms with E-state index < -0.39 is 24.7 Å². The Morgan fingerprint density at radius 3 is 2.64 bits per heavy atom. The van der Waals surface area contributed by atoms with Crippen LogP contribution in [0.2, 0.25) is 0 Å². The van der Waals surface area contributed by atoms with Crippen LogP contribution in [0.25, 0.3) is 0 Å². The summed E-state index contributed by atoms with van der Waals surface area (Å²) in [5.74, 6) is -0.603. The van der Waals surface area contributed by atoms with Crippen LogP contribution >= 0.6 is 0 Å². The topological polar surface area (TPSA) is 68.4 Å². The first-order valence-corrected chi connectivity index (χ1v) is 6.20. The van der Waals surface area contributed by atoms with Gasteiger partial charge in [0.15, 0.2) is 6.61 Å². The Balaban J connectivity index is 2.11. The summed E-state index contributed by atoms with van der Waals surface area (Å²) in [6.07, 6.45) is -6.02. The largest absolute Gasteiger partial charge is 0.484 e. The van der Waals surface area contributed by atoms with Crippen LogP contribution in [0.5, 0.6) is 5.75 Å². The average molecular weight is 320 g/mol. The number of aromatic nitrogens is 2. The highest BCUT2D eigenvalue weighted by molar-refractivity contribution is 5.31. The summed E-state index contributed by atoms with van der Waals surface area (Å²) >= 11 is 0. The van der Waals surface area contributed by atoms with Crippen LogP contribution in [-0.2, 0) is 6.42 Å². The first-order chi connectivity index (χ1) is 10.2. The summed E-state index contributed by atoms with van der Waals surface area (Å²) < 4.78 is 59.5. The molecule has 1 unspecified atom stereocenters. The average Bonchev–Trinajstić information content (AvgIpc) is 2.82. The van der Waals surface area contributed by atoms with Crippen molar-refractivity contribution in [3.05, 3.63) is 41.4 Å². The van der Waals surface area contributed by atoms with Gasteiger partial charge in [-0.1, -0.05) is 0 Å². The number of ether oxygens (including phenoxy) is 1. The minimum atomic E-state index is -4.51. The van der Waals surface area contributed by atoms with Crippen LogP contribution in [-0.4, -0.2) is 28.1 Å². The maximum atomic E-state index is 13.7. The summed E-state index contributed by atoms with van der Waals surface area (Å²) in [5.41, 5.74) is -0.212. The third kappa shape index (κ3) is 4.42. The molecular weight excluding hydrogens is 308 g/mol. The summed E-state index contributed by atoms with van der Waals surface area (Å²) in [6.45, 7) is 0.0477. The zero-order valence-corrected chi connectivity index (χ0v) is 11.4. The van der Waals surface area contributed by atoms with Gasteiger partial charge in [-0.3, -0.25) is 0 Å². The van der Waals surface area contributed by atoms with Gasteiger partial charge in [0.05, 0.1) is 12.5 Å². The van der Waals surface area contributed by atoms with Gasteiger partial charge in [-0.2, -0.15) is 13.2 Å². The van der Waals surface area contributed by atoms with Crippen molar-refractivity contribution in [2.75, 3.05) is 6.61 Å². The molecular formula is C13H12F4N2O3. The molecule has 1 aromatic heterocycles. The van der Waals surface area contributed by atoms with Gasteiger partial charge in [0.2, 0.25) is 11.8 Å². The molecule has 1 aromatic carbocycles. The van der Waals surface area contributed by atoms with Gasteiger partial charge in [-0.15, -0.1) is 10.2 Å². The quantitative estimate of drug-likeness (QED) is 0.858. The predicted molar refractivity (Wildman–Crippen MR) is 65.6 cm³/mol. The Kier molecular flexibility index (Phi) is 4.65. The Bertz CT molecular complexity index is 642. The molecule has 0 radical (unpaired) electrons. The van der Waals surface area contributed by atoms with Gasteiger partial charge in [-0.25, -0.2) is 4.39 Å². The lowest BCUT2D eigenvalue weighted by molar-refractivity contribution is -0.153. The van der Waals surface area contributed by atoms with Crippen molar-refractivity contribution < 1.29 is 31.8 Å². The van der Waals surface area contributed by atoms with Gasteiger partial charge in [0, 0.05) is 12.5 Å². The third-order valence-corrected chi connectivity index (χ3v) is 2.66. The standard InChI is InChI=1S/C13H12F4N2O3/c1-7-18-19-12(22-7)5-11(20)9-4-8(2-3-10(9)14)21-6-13(15,16)17/h2-4,11,20H,5-6H2,1H3. The Labute approximate surface area is 122 Å². The van der Waals surface area contributed by atoms with E-state index in [9.17, 15) is 22.7 Å². The van der Waals surface area contributed by atoms with Crippen molar-refractivity contribution in [2.24, 2.45) is 0 Å². The molecule has 0 aliphatic carbocycles.